The van der Waals surface area contributed by atoms with Crippen molar-refractivity contribution in [2.24, 2.45) is 0 Å². The lowest BCUT2D eigenvalue weighted by molar-refractivity contribution is -0.137. The van der Waals surface area contributed by atoms with E-state index in [1.54, 1.807) is 12.1 Å². The number of benzene rings is 1. The maximum Gasteiger partial charge on any atom is 0.416 e. The summed E-state index contributed by atoms with van der Waals surface area (Å²) in [6.45, 7) is 0.0589. The molecule has 0 atom stereocenters. The zero-order chi connectivity index (χ0) is 15.5. The van der Waals surface area contributed by atoms with E-state index in [2.05, 4.69) is 4.98 Å². The van der Waals surface area contributed by atoms with E-state index in [0.717, 1.165) is 12.1 Å². The number of aromatic nitrogens is 1. The van der Waals surface area contributed by atoms with E-state index in [1.165, 1.54) is 19.2 Å². The predicted molar refractivity (Wildman–Crippen MR) is 71.3 cm³/mol. The van der Waals surface area contributed by atoms with Crippen LogP contribution in [0.5, 0.6) is 0 Å². The van der Waals surface area contributed by atoms with Gasteiger partial charge >= 0.3 is 6.18 Å². The largest absolute Gasteiger partial charge is 0.416 e. The minimum atomic E-state index is -4.35. The highest BCUT2D eigenvalue weighted by atomic mass is 19.4. The van der Waals surface area contributed by atoms with Crippen molar-refractivity contribution in [2.45, 2.75) is 19.4 Å². The van der Waals surface area contributed by atoms with E-state index in [9.17, 15) is 18.3 Å². The van der Waals surface area contributed by atoms with Crippen molar-refractivity contribution in [3.8, 4) is 11.3 Å². The topological polar surface area (TPSA) is 42.4 Å². The van der Waals surface area contributed by atoms with Crippen LogP contribution in [0.4, 0.5) is 13.2 Å². The normalized spacial score (nSPS) is 11.7. The maximum atomic E-state index is 12.5. The van der Waals surface area contributed by atoms with Gasteiger partial charge in [0.2, 0.25) is 0 Å². The molecule has 1 aromatic heterocycles. The molecule has 0 spiro atoms. The summed E-state index contributed by atoms with van der Waals surface area (Å²) in [7, 11) is 1.51. The number of hydrogen-bond donors (Lipinski definition) is 1. The highest BCUT2D eigenvalue weighted by Gasteiger charge is 2.30. The molecule has 0 radical (unpaired) electrons. The first-order valence-corrected chi connectivity index (χ1v) is 6.22. The molecule has 0 aliphatic rings. The second-order valence-corrected chi connectivity index (χ2v) is 4.47. The Hall–Kier alpha value is -1.92. The third-order valence-corrected chi connectivity index (χ3v) is 3.03. The Morgan fingerprint density at radius 2 is 1.76 bits per heavy atom. The van der Waals surface area contributed by atoms with Gasteiger partial charge in [-0.3, -0.25) is 0 Å². The number of pyridine rings is 1. The Kier molecular flexibility index (Phi) is 4.59. The van der Waals surface area contributed by atoms with E-state index in [0.29, 0.717) is 22.5 Å². The average Bonchev–Trinajstić information content (AvgIpc) is 2.47. The SMILES string of the molecule is COCc1nc(-c2ccc(C(F)(F)F)cc2)ccc1CO. The minimum absolute atomic E-state index is 0.168. The van der Waals surface area contributed by atoms with E-state index < -0.39 is 11.7 Å². The van der Waals surface area contributed by atoms with Gasteiger partial charge in [0.15, 0.2) is 0 Å². The van der Waals surface area contributed by atoms with Crippen molar-refractivity contribution in [2.75, 3.05) is 7.11 Å². The number of methoxy groups -OCH3 is 1. The Morgan fingerprint density at radius 1 is 1.10 bits per heavy atom. The number of rotatable bonds is 4. The van der Waals surface area contributed by atoms with Gasteiger partial charge in [-0.25, -0.2) is 4.98 Å². The molecule has 2 aromatic rings. The summed E-state index contributed by atoms with van der Waals surface area (Å²) in [5, 5.41) is 9.21. The highest BCUT2D eigenvalue weighted by Crippen LogP contribution is 2.30. The molecular weight excluding hydrogens is 283 g/mol. The summed E-state index contributed by atoms with van der Waals surface area (Å²) in [4.78, 5) is 4.33. The van der Waals surface area contributed by atoms with Gasteiger partial charge in [0, 0.05) is 18.2 Å². The second kappa shape index (κ2) is 6.24. The molecule has 112 valence electrons. The molecule has 2 rings (SSSR count). The first-order chi connectivity index (χ1) is 9.95. The number of aliphatic hydroxyl groups is 1. The molecular formula is C15H14F3NO2. The van der Waals surface area contributed by atoms with Crippen LogP contribution in [0, 0.1) is 0 Å². The zero-order valence-electron chi connectivity index (χ0n) is 11.3. The molecule has 0 saturated heterocycles. The molecule has 6 heteroatoms. The average molecular weight is 297 g/mol. The number of halogens is 3. The molecule has 0 bridgehead atoms. The van der Waals surface area contributed by atoms with Gasteiger partial charge in [-0.05, 0) is 18.2 Å². The van der Waals surface area contributed by atoms with Crippen LogP contribution in [0.25, 0.3) is 11.3 Å². The first kappa shape index (κ1) is 15.5. The van der Waals surface area contributed by atoms with Crippen LogP contribution in [0.1, 0.15) is 16.8 Å². The summed E-state index contributed by atoms with van der Waals surface area (Å²) < 4.78 is 42.6. The van der Waals surface area contributed by atoms with Gasteiger partial charge in [-0.15, -0.1) is 0 Å². The van der Waals surface area contributed by atoms with Crippen LogP contribution in [0.15, 0.2) is 36.4 Å². The van der Waals surface area contributed by atoms with Crippen LogP contribution < -0.4 is 0 Å². The fourth-order valence-corrected chi connectivity index (χ4v) is 1.93. The molecule has 0 aliphatic heterocycles. The van der Waals surface area contributed by atoms with E-state index in [4.69, 9.17) is 4.74 Å². The van der Waals surface area contributed by atoms with Crippen molar-refractivity contribution in [1.82, 2.24) is 4.98 Å². The molecule has 0 saturated carbocycles. The van der Waals surface area contributed by atoms with E-state index in [-0.39, 0.29) is 13.2 Å². The monoisotopic (exact) mass is 297 g/mol. The number of hydrogen-bond acceptors (Lipinski definition) is 3. The van der Waals surface area contributed by atoms with Crippen molar-refractivity contribution >= 4 is 0 Å². The molecule has 0 fully saturated rings. The van der Waals surface area contributed by atoms with Crippen molar-refractivity contribution in [3.05, 3.63) is 53.2 Å². The molecule has 1 heterocycles. The van der Waals surface area contributed by atoms with E-state index >= 15 is 0 Å². The summed E-state index contributed by atoms with van der Waals surface area (Å²) >= 11 is 0. The molecule has 21 heavy (non-hydrogen) atoms. The van der Waals surface area contributed by atoms with Crippen LogP contribution in [0.3, 0.4) is 0 Å². The predicted octanol–water partition coefficient (Wildman–Crippen LogP) is 3.41. The molecule has 0 aliphatic carbocycles. The Bertz CT molecular complexity index is 609. The lowest BCUT2D eigenvalue weighted by Gasteiger charge is -2.10. The Balaban J connectivity index is 2.35. The number of alkyl halides is 3. The third kappa shape index (κ3) is 3.59. The number of nitrogens with zero attached hydrogens (tertiary/aromatic N) is 1. The fraction of sp³-hybridized carbons (Fsp3) is 0.267. The van der Waals surface area contributed by atoms with Crippen LogP contribution in [-0.2, 0) is 24.1 Å². The molecule has 1 N–H and O–H groups in total. The highest BCUT2D eigenvalue weighted by molar-refractivity contribution is 5.60. The standard InChI is InChI=1S/C15H14F3NO2/c1-21-9-14-11(8-20)4-7-13(19-14)10-2-5-12(6-3-10)15(16,17)18/h2-7,20H,8-9H2,1H3. The van der Waals surface area contributed by atoms with Gasteiger partial charge in [0.25, 0.3) is 0 Å². The van der Waals surface area contributed by atoms with Crippen LogP contribution in [0.2, 0.25) is 0 Å². The maximum absolute atomic E-state index is 12.5. The zero-order valence-corrected chi connectivity index (χ0v) is 11.3. The summed E-state index contributed by atoms with van der Waals surface area (Å²) in [5.74, 6) is 0. The van der Waals surface area contributed by atoms with Gasteiger partial charge in [0.05, 0.1) is 30.2 Å². The first-order valence-electron chi connectivity index (χ1n) is 6.22. The van der Waals surface area contributed by atoms with Crippen molar-refractivity contribution in [1.29, 1.82) is 0 Å². The van der Waals surface area contributed by atoms with Gasteiger partial charge in [-0.2, -0.15) is 13.2 Å². The Morgan fingerprint density at radius 3 is 2.29 bits per heavy atom. The third-order valence-electron chi connectivity index (χ3n) is 3.03. The molecule has 1 aromatic carbocycles. The lowest BCUT2D eigenvalue weighted by Crippen LogP contribution is -2.04. The fourth-order valence-electron chi connectivity index (χ4n) is 1.93. The second-order valence-electron chi connectivity index (χ2n) is 4.47. The van der Waals surface area contributed by atoms with Crippen LogP contribution in [-0.4, -0.2) is 17.2 Å². The van der Waals surface area contributed by atoms with E-state index in [1.807, 2.05) is 0 Å². The smallest absolute Gasteiger partial charge is 0.392 e. The van der Waals surface area contributed by atoms with Gasteiger partial charge in [0.1, 0.15) is 0 Å². The molecule has 3 nitrogen and oxygen atoms in total. The number of aliphatic hydroxyl groups excluding tert-OH is 1. The van der Waals surface area contributed by atoms with Crippen molar-refractivity contribution in [3.63, 3.8) is 0 Å². The Labute approximate surface area is 120 Å². The summed E-state index contributed by atoms with van der Waals surface area (Å²) in [6.07, 6.45) is -4.35. The minimum Gasteiger partial charge on any atom is -0.392 e. The van der Waals surface area contributed by atoms with Crippen LogP contribution >= 0.6 is 0 Å². The van der Waals surface area contributed by atoms with Crippen molar-refractivity contribution < 1.29 is 23.0 Å². The number of ether oxygens (including phenoxy) is 1. The molecule has 0 amide bonds. The molecule has 0 unspecified atom stereocenters. The van der Waals surface area contributed by atoms with Gasteiger partial charge < -0.3 is 9.84 Å². The summed E-state index contributed by atoms with van der Waals surface area (Å²) in [5.41, 5.74) is 1.61. The quantitative estimate of drug-likeness (QED) is 0.940. The van der Waals surface area contributed by atoms with Gasteiger partial charge in [-0.1, -0.05) is 18.2 Å². The summed E-state index contributed by atoms with van der Waals surface area (Å²) in [6, 6.07) is 8.14. The lowest BCUT2D eigenvalue weighted by atomic mass is 10.1.